The molecule has 0 fully saturated rings. The summed E-state index contributed by atoms with van der Waals surface area (Å²) in [7, 11) is 0. The van der Waals surface area contributed by atoms with Crippen LogP contribution in [0.4, 0.5) is 0 Å². The monoisotopic (exact) mass is 312 g/mol. The van der Waals surface area contributed by atoms with Crippen LogP contribution in [0.15, 0.2) is 24.3 Å². The van der Waals surface area contributed by atoms with Crippen LogP contribution >= 0.6 is 0 Å². The van der Waals surface area contributed by atoms with Gasteiger partial charge in [-0.05, 0) is 44.7 Å². The molecule has 0 saturated heterocycles. The van der Waals surface area contributed by atoms with Gasteiger partial charge in [-0.15, -0.1) is 5.10 Å². The van der Waals surface area contributed by atoms with Crippen molar-refractivity contribution in [2.45, 2.75) is 52.5 Å². The van der Waals surface area contributed by atoms with Gasteiger partial charge in [0.2, 0.25) is 0 Å². The summed E-state index contributed by atoms with van der Waals surface area (Å²) in [4.78, 5) is 0. The lowest BCUT2D eigenvalue weighted by Crippen LogP contribution is -2.08. The van der Waals surface area contributed by atoms with Crippen LogP contribution in [0.25, 0.3) is 0 Å². The second-order valence-corrected chi connectivity index (χ2v) is 5.69. The molecule has 0 aliphatic heterocycles. The maximum Gasteiger partial charge on any atom is 0.185 e. The summed E-state index contributed by atoms with van der Waals surface area (Å²) in [5.74, 6) is 0.909. The third kappa shape index (κ3) is 5.10. The van der Waals surface area contributed by atoms with Crippen molar-refractivity contribution in [2.75, 3.05) is 6.61 Å². The molecule has 1 heterocycles. The lowest BCUT2D eigenvalue weighted by molar-refractivity contribution is 0.301. The van der Waals surface area contributed by atoms with E-state index in [-0.39, 0.29) is 0 Å². The van der Waals surface area contributed by atoms with Crippen molar-refractivity contribution in [3.8, 4) is 11.8 Å². The molecule has 0 amide bonds. The Hall–Kier alpha value is -2.35. The Balaban J connectivity index is 1.76. The van der Waals surface area contributed by atoms with Crippen LogP contribution in [-0.4, -0.2) is 21.6 Å². The van der Waals surface area contributed by atoms with Gasteiger partial charge in [-0.1, -0.05) is 36.3 Å². The van der Waals surface area contributed by atoms with E-state index in [1.807, 2.05) is 28.9 Å². The first-order valence-corrected chi connectivity index (χ1v) is 8.26. The molecule has 0 spiro atoms. The number of unbranched alkanes of at least 4 members (excludes halogenated alkanes) is 2. The third-order valence-corrected chi connectivity index (χ3v) is 3.76. The summed E-state index contributed by atoms with van der Waals surface area (Å²) < 4.78 is 7.60. The molecule has 5 nitrogen and oxygen atoms in total. The van der Waals surface area contributed by atoms with E-state index in [1.165, 1.54) is 5.56 Å². The van der Waals surface area contributed by atoms with Gasteiger partial charge in [0.15, 0.2) is 5.69 Å². The fraction of sp³-hybridized carbons (Fsp3) is 0.500. The van der Waals surface area contributed by atoms with Crippen LogP contribution in [0, 0.1) is 18.3 Å². The van der Waals surface area contributed by atoms with Crippen molar-refractivity contribution in [1.29, 1.82) is 5.26 Å². The highest BCUT2D eigenvalue weighted by atomic mass is 16.5. The number of rotatable bonds is 9. The van der Waals surface area contributed by atoms with Gasteiger partial charge in [-0.25, -0.2) is 4.68 Å². The van der Waals surface area contributed by atoms with Crippen molar-refractivity contribution < 1.29 is 4.74 Å². The number of hydrogen-bond donors (Lipinski definition) is 0. The standard InChI is InChI=1S/C18H24N4O/c1-3-4-7-18-17(14-19)20-21-22(18)12-5-6-13-23-16-10-8-15(2)9-11-16/h8-11H,3-7,12-13H2,1-2H3. The minimum absolute atomic E-state index is 0.467. The number of nitriles is 1. The Morgan fingerprint density at radius 1 is 1.17 bits per heavy atom. The SMILES string of the molecule is CCCCc1c(C#N)nnn1CCCCOc1ccc(C)cc1. The summed E-state index contributed by atoms with van der Waals surface area (Å²) >= 11 is 0. The second-order valence-electron chi connectivity index (χ2n) is 5.69. The first-order chi connectivity index (χ1) is 11.2. The Morgan fingerprint density at radius 3 is 2.65 bits per heavy atom. The summed E-state index contributed by atoms with van der Waals surface area (Å²) in [6, 6.07) is 10.2. The third-order valence-electron chi connectivity index (χ3n) is 3.76. The highest BCUT2D eigenvalue weighted by molar-refractivity contribution is 5.26. The van der Waals surface area contributed by atoms with E-state index >= 15 is 0 Å². The fourth-order valence-corrected chi connectivity index (χ4v) is 2.38. The van der Waals surface area contributed by atoms with Crippen LogP contribution in [0.3, 0.4) is 0 Å². The van der Waals surface area contributed by atoms with E-state index in [0.29, 0.717) is 12.3 Å². The molecule has 0 atom stereocenters. The molecule has 1 aromatic carbocycles. The van der Waals surface area contributed by atoms with E-state index in [4.69, 9.17) is 10.00 Å². The maximum atomic E-state index is 9.10. The number of nitrogens with zero attached hydrogens (tertiary/aromatic N) is 4. The molecule has 1 aromatic heterocycles. The van der Waals surface area contributed by atoms with E-state index in [1.54, 1.807) is 0 Å². The van der Waals surface area contributed by atoms with Crippen LogP contribution < -0.4 is 4.74 Å². The van der Waals surface area contributed by atoms with E-state index in [9.17, 15) is 0 Å². The van der Waals surface area contributed by atoms with Crippen LogP contribution in [0.1, 0.15) is 49.6 Å². The summed E-state index contributed by atoms with van der Waals surface area (Å²) in [6.07, 6.45) is 4.92. The van der Waals surface area contributed by atoms with Gasteiger partial charge in [-0.2, -0.15) is 5.26 Å². The zero-order chi connectivity index (χ0) is 16.5. The molecule has 5 heteroatoms. The van der Waals surface area contributed by atoms with Gasteiger partial charge >= 0.3 is 0 Å². The second kappa shape index (κ2) is 8.94. The van der Waals surface area contributed by atoms with Crippen LogP contribution in [0.5, 0.6) is 5.75 Å². The predicted molar refractivity (Wildman–Crippen MR) is 89.3 cm³/mol. The normalized spacial score (nSPS) is 10.5. The highest BCUT2D eigenvalue weighted by Gasteiger charge is 2.11. The molecular weight excluding hydrogens is 288 g/mol. The van der Waals surface area contributed by atoms with Crippen molar-refractivity contribution in [3.63, 3.8) is 0 Å². The van der Waals surface area contributed by atoms with Gasteiger partial charge in [-0.3, -0.25) is 0 Å². The van der Waals surface area contributed by atoms with Crippen LogP contribution in [-0.2, 0) is 13.0 Å². The molecule has 0 radical (unpaired) electrons. The van der Waals surface area contributed by atoms with Crippen molar-refractivity contribution >= 4 is 0 Å². The predicted octanol–water partition coefficient (Wildman–Crippen LogP) is 3.66. The Kier molecular flexibility index (Phi) is 6.61. The molecule has 0 aliphatic carbocycles. The van der Waals surface area contributed by atoms with E-state index in [2.05, 4.69) is 30.2 Å². The summed E-state index contributed by atoms with van der Waals surface area (Å²) in [6.45, 7) is 5.67. The summed E-state index contributed by atoms with van der Waals surface area (Å²) in [5, 5.41) is 17.2. The van der Waals surface area contributed by atoms with Crippen molar-refractivity contribution in [2.24, 2.45) is 0 Å². The van der Waals surface area contributed by atoms with Gasteiger partial charge in [0.05, 0.1) is 12.3 Å². The lowest BCUT2D eigenvalue weighted by Gasteiger charge is -2.08. The smallest absolute Gasteiger partial charge is 0.185 e. The van der Waals surface area contributed by atoms with Crippen molar-refractivity contribution in [3.05, 3.63) is 41.2 Å². The van der Waals surface area contributed by atoms with Crippen molar-refractivity contribution in [1.82, 2.24) is 15.0 Å². The summed E-state index contributed by atoms with van der Waals surface area (Å²) in [5.41, 5.74) is 2.67. The number of ether oxygens (including phenoxy) is 1. The van der Waals surface area contributed by atoms with Gasteiger partial charge < -0.3 is 4.74 Å². The van der Waals surface area contributed by atoms with E-state index < -0.39 is 0 Å². The lowest BCUT2D eigenvalue weighted by atomic mass is 10.1. The Bertz CT molecular complexity index is 640. The van der Waals surface area contributed by atoms with Gasteiger partial charge in [0.1, 0.15) is 11.8 Å². The molecule has 0 saturated carbocycles. The average molecular weight is 312 g/mol. The first kappa shape index (κ1) is 17.0. The Labute approximate surface area is 137 Å². The zero-order valence-corrected chi connectivity index (χ0v) is 14.0. The number of aryl methyl sites for hydroxylation is 2. The highest BCUT2D eigenvalue weighted by Crippen LogP contribution is 2.13. The van der Waals surface area contributed by atoms with E-state index in [0.717, 1.165) is 50.1 Å². The van der Waals surface area contributed by atoms with Gasteiger partial charge in [0, 0.05) is 6.54 Å². The largest absolute Gasteiger partial charge is 0.494 e. The topological polar surface area (TPSA) is 63.7 Å². The molecule has 122 valence electrons. The molecule has 2 rings (SSSR count). The molecule has 0 N–H and O–H groups in total. The number of benzene rings is 1. The quantitative estimate of drug-likeness (QED) is 0.663. The molecule has 2 aromatic rings. The fourth-order valence-electron chi connectivity index (χ4n) is 2.38. The molecule has 0 bridgehead atoms. The minimum Gasteiger partial charge on any atom is -0.494 e. The molecule has 0 aliphatic rings. The molecule has 23 heavy (non-hydrogen) atoms. The Morgan fingerprint density at radius 2 is 1.96 bits per heavy atom. The minimum atomic E-state index is 0.467. The average Bonchev–Trinajstić information content (AvgIpc) is 2.96. The molecule has 0 unspecified atom stereocenters. The first-order valence-electron chi connectivity index (χ1n) is 8.26. The number of hydrogen-bond acceptors (Lipinski definition) is 4. The maximum absolute atomic E-state index is 9.10. The number of aromatic nitrogens is 3. The zero-order valence-electron chi connectivity index (χ0n) is 14.0. The van der Waals surface area contributed by atoms with Gasteiger partial charge in [0.25, 0.3) is 0 Å². The molecular formula is C18H24N4O. The van der Waals surface area contributed by atoms with Crippen LogP contribution in [0.2, 0.25) is 0 Å².